The Bertz CT molecular complexity index is 528. The van der Waals surface area contributed by atoms with E-state index in [9.17, 15) is 13.2 Å². The first-order valence-electron chi connectivity index (χ1n) is 5.32. The number of rotatable bonds is 2. The third-order valence-electron chi connectivity index (χ3n) is 2.34. The second-order valence-electron chi connectivity index (χ2n) is 4.07. The van der Waals surface area contributed by atoms with E-state index in [1.54, 1.807) is 16.9 Å². The minimum absolute atomic E-state index is 0.189. The largest absolute Gasteiger partial charge is 0.451 e. The van der Waals surface area contributed by atoms with E-state index in [1.165, 1.54) is 0 Å². The Hall–Kier alpha value is -1.92. The van der Waals surface area contributed by atoms with Crippen LogP contribution in [0.1, 0.15) is 25.7 Å². The highest BCUT2D eigenvalue weighted by Gasteiger charge is 2.34. The summed E-state index contributed by atoms with van der Waals surface area (Å²) in [5, 5.41) is 4.23. The van der Waals surface area contributed by atoms with E-state index < -0.39 is 12.0 Å². The number of hydrogen-bond donors (Lipinski definition) is 0. The summed E-state index contributed by atoms with van der Waals surface area (Å²) in [7, 11) is 0. The van der Waals surface area contributed by atoms with Crippen LogP contribution in [0.4, 0.5) is 13.2 Å². The van der Waals surface area contributed by atoms with E-state index in [4.69, 9.17) is 0 Å². The quantitative estimate of drug-likeness (QED) is 0.829. The van der Waals surface area contributed by atoms with Crippen molar-refractivity contribution >= 4 is 0 Å². The van der Waals surface area contributed by atoms with Crippen molar-refractivity contribution in [2.45, 2.75) is 26.1 Å². The third kappa shape index (κ3) is 2.49. The van der Waals surface area contributed by atoms with Crippen LogP contribution in [0.5, 0.6) is 0 Å². The van der Waals surface area contributed by atoms with Crippen molar-refractivity contribution in [2.75, 3.05) is 0 Å². The van der Waals surface area contributed by atoms with Gasteiger partial charge in [0.15, 0.2) is 0 Å². The van der Waals surface area contributed by atoms with Crippen molar-refractivity contribution in [3.05, 3.63) is 30.5 Å². The third-order valence-corrected chi connectivity index (χ3v) is 2.34. The van der Waals surface area contributed by atoms with Crippen LogP contribution in [-0.2, 0) is 6.18 Å². The molecule has 0 fully saturated rings. The van der Waals surface area contributed by atoms with Crippen LogP contribution < -0.4 is 0 Å². The number of alkyl halides is 3. The van der Waals surface area contributed by atoms with Crippen LogP contribution in [0.15, 0.2) is 24.7 Å². The van der Waals surface area contributed by atoms with Gasteiger partial charge in [-0.1, -0.05) is 0 Å². The van der Waals surface area contributed by atoms with Crippen molar-refractivity contribution in [3.8, 4) is 11.3 Å². The molecule has 0 aliphatic heterocycles. The first-order valence-corrected chi connectivity index (χ1v) is 5.32. The van der Waals surface area contributed by atoms with Gasteiger partial charge in [0.1, 0.15) is 0 Å². The van der Waals surface area contributed by atoms with Crippen LogP contribution in [0.2, 0.25) is 0 Å². The topological polar surface area (TPSA) is 43.6 Å². The lowest BCUT2D eigenvalue weighted by atomic mass is 10.2. The fraction of sp³-hybridized carbons (Fsp3) is 0.364. The van der Waals surface area contributed by atoms with Crippen LogP contribution in [0, 0.1) is 0 Å². The van der Waals surface area contributed by atoms with E-state index in [-0.39, 0.29) is 6.04 Å². The highest BCUT2D eigenvalue weighted by Crippen LogP contribution is 2.26. The monoisotopic (exact) mass is 256 g/mol. The van der Waals surface area contributed by atoms with Gasteiger partial charge in [-0.25, -0.2) is 9.97 Å². The van der Waals surface area contributed by atoms with Gasteiger partial charge in [-0.2, -0.15) is 18.3 Å². The lowest BCUT2D eigenvalue weighted by Crippen LogP contribution is -2.10. The first-order chi connectivity index (χ1) is 8.38. The predicted octanol–water partition coefficient (Wildman–Crippen LogP) is 2.94. The molecule has 0 spiro atoms. The van der Waals surface area contributed by atoms with Crippen LogP contribution in [-0.4, -0.2) is 19.7 Å². The van der Waals surface area contributed by atoms with E-state index in [0.29, 0.717) is 11.3 Å². The zero-order valence-corrected chi connectivity index (χ0v) is 9.81. The highest BCUT2D eigenvalue weighted by atomic mass is 19.4. The lowest BCUT2D eigenvalue weighted by molar-refractivity contribution is -0.144. The van der Waals surface area contributed by atoms with Crippen LogP contribution >= 0.6 is 0 Å². The molecule has 0 aromatic carbocycles. The summed E-state index contributed by atoms with van der Waals surface area (Å²) < 4.78 is 38.6. The van der Waals surface area contributed by atoms with Crippen molar-refractivity contribution in [1.29, 1.82) is 0 Å². The maximum Gasteiger partial charge on any atom is 0.451 e. The van der Waals surface area contributed by atoms with Crippen molar-refractivity contribution < 1.29 is 13.2 Å². The molecule has 2 aromatic heterocycles. The van der Waals surface area contributed by atoms with Gasteiger partial charge >= 0.3 is 6.18 Å². The van der Waals surface area contributed by atoms with E-state index in [1.807, 2.05) is 13.8 Å². The summed E-state index contributed by atoms with van der Waals surface area (Å²) >= 11 is 0. The molecule has 0 atom stereocenters. The Morgan fingerprint density at radius 1 is 1.17 bits per heavy atom. The van der Waals surface area contributed by atoms with Crippen LogP contribution in [0.25, 0.3) is 11.3 Å². The van der Waals surface area contributed by atoms with Gasteiger partial charge < -0.3 is 0 Å². The number of aromatic nitrogens is 4. The van der Waals surface area contributed by atoms with E-state index in [0.717, 1.165) is 12.4 Å². The molecule has 0 bridgehead atoms. The Balaban J connectivity index is 2.29. The fourth-order valence-electron chi connectivity index (χ4n) is 1.39. The smallest absolute Gasteiger partial charge is 0.270 e. The zero-order chi connectivity index (χ0) is 13.3. The van der Waals surface area contributed by atoms with Gasteiger partial charge in [-0.05, 0) is 19.9 Å². The molecule has 0 aliphatic rings. The summed E-state index contributed by atoms with van der Waals surface area (Å²) in [6.07, 6.45) is -0.501. The van der Waals surface area contributed by atoms with Gasteiger partial charge in [-0.3, -0.25) is 4.68 Å². The van der Waals surface area contributed by atoms with Crippen LogP contribution in [0.3, 0.4) is 0 Å². The van der Waals surface area contributed by atoms with E-state index >= 15 is 0 Å². The molecule has 0 radical (unpaired) electrons. The Kier molecular flexibility index (Phi) is 3.06. The van der Waals surface area contributed by atoms with Gasteiger partial charge in [0.05, 0.1) is 5.69 Å². The zero-order valence-electron chi connectivity index (χ0n) is 9.81. The molecule has 96 valence electrons. The second-order valence-corrected chi connectivity index (χ2v) is 4.07. The number of halogens is 3. The summed E-state index contributed by atoms with van der Waals surface area (Å²) in [6, 6.07) is 1.90. The molecule has 0 amide bonds. The molecule has 0 N–H and O–H groups in total. The Morgan fingerprint density at radius 3 is 2.22 bits per heavy atom. The summed E-state index contributed by atoms with van der Waals surface area (Å²) in [4.78, 5) is 6.59. The highest BCUT2D eigenvalue weighted by molar-refractivity contribution is 5.55. The fourth-order valence-corrected chi connectivity index (χ4v) is 1.39. The molecule has 4 nitrogen and oxygen atoms in total. The summed E-state index contributed by atoms with van der Waals surface area (Å²) in [6.45, 7) is 3.92. The van der Waals surface area contributed by atoms with Gasteiger partial charge in [0.25, 0.3) is 0 Å². The Labute approximate surface area is 101 Å². The van der Waals surface area contributed by atoms with Gasteiger partial charge in [0.2, 0.25) is 5.82 Å². The lowest BCUT2D eigenvalue weighted by Gasteiger charge is -2.05. The predicted molar refractivity (Wildman–Crippen MR) is 58.6 cm³/mol. The molecular weight excluding hydrogens is 245 g/mol. The average Bonchev–Trinajstić information content (AvgIpc) is 2.77. The van der Waals surface area contributed by atoms with Crippen molar-refractivity contribution in [1.82, 2.24) is 19.7 Å². The first kappa shape index (κ1) is 12.5. The molecule has 2 heterocycles. The molecule has 0 saturated heterocycles. The molecule has 7 heteroatoms. The maximum atomic E-state index is 12.3. The van der Waals surface area contributed by atoms with E-state index in [2.05, 4.69) is 15.1 Å². The molecule has 0 unspecified atom stereocenters. The maximum absolute atomic E-state index is 12.3. The van der Waals surface area contributed by atoms with Crippen molar-refractivity contribution in [3.63, 3.8) is 0 Å². The molecule has 0 saturated carbocycles. The molecule has 18 heavy (non-hydrogen) atoms. The molecule has 2 aromatic rings. The minimum Gasteiger partial charge on any atom is -0.270 e. The van der Waals surface area contributed by atoms with Gasteiger partial charge in [-0.15, -0.1) is 0 Å². The van der Waals surface area contributed by atoms with Gasteiger partial charge in [0, 0.05) is 30.2 Å². The Morgan fingerprint density at radius 2 is 1.78 bits per heavy atom. The molecule has 0 aliphatic carbocycles. The normalized spacial score (nSPS) is 12.1. The molecular formula is C11H11F3N4. The second kappa shape index (κ2) is 4.40. The SMILES string of the molecule is CC(C)n1ccc(-c2cnc(C(F)(F)F)nc2)n1. The van der Waals surface area contributed by atoms with Crippen molar-refractivity contribution in [2.24, 2.45) is 0 Å². The molecule has 2 rings (SSSR count). The summed E-state index contributed by atoms with van der Waals surface area (Å²) in [5.41, 5.74) is 1.01. The average molecular weight is 256 g/mol. The number of nitrogens with zero attached hydrogens (tertiary/aromatic N) is 4. The minimum atomic E-state index is -4.52. The summed E-state index contributed by atoms with van der Waals surface area (Å²) in [5.74, 6) is -1.14. The standard InChI is InChI=1S/C11H11F3N4/c1-7(2)18-4-3-9(17-18)8-5-15-10(16-6-8)11(12,13)14/h3-7H,1-2H3. The number of hydrogen-bond acceptors (Lipinski definition) is 3.